The Morgan fingerprint density at radius 3 is 2.46 bits per heavy atom. The van der Waals surface area contributed by atoms with Crippen LogP contribution < -0.4 is 10.1 Å². The van der Waals surface area contributed by atoms with Crippen LogP contribution in [0.1, 0.15) is 27.9 Å². The van der Waals surface area contributed by atoms with Gasteiger partial charge in [0, 0.05) is 5.69 Å². The van der Waals surface area contributed by atoms with E-state index in [1.165, 1.54) is 30.4 Å². The molecule has 7 nitrogen and oxygen atoms in total. The van der Waals surface area contributed by atoms with E-state index in [4.69, 9.17) is 9.47 Å². The van der Waals surface area contributed by atoms with Crippen LogP contribution in [0.15, 0.2) is 42.5 Å². The fourth-order valence-corrected chi connectivity index (χ4v) is 2.97. The Balaban J connectivity index is 1.40. The molecule has 1 amide bonds. The third-order valence-electron chi connectivity index (χ3n) is 4.38. The number of amides is 1. The first-order chi connectivity index (χ1) is 13.5. The zero-order chi connectivity index (χ0) is 19.9. The molecule has 0 aliphatic heterocycles. The van der Waals surface area contributed by atoms with Gasteiger partial charge in [0.15, 0.2) is 13.2 Å². The highest BCUT2D eigenvalue weighted by Gasteiger charge is 2.13. The molecule has 146 valence electrons. The summed E-state index contributed by atoms with van der Waals surface area (Å²) in [5, 5.41) is 2.57. The van der Waals surface area contributed by atoms with Crippen LogP contribution in [0.4, 0.5) is 5.69 Å². The highest BCUT2D eigenvalue weighted by Crippen LogP contribution is 2.25. The van der Waals surface area contributed by atoms with Crippen molar-refractivity contribution in [2.75, 3.05) is 25.6 Å². The Labute approximate surface area is 162 Å². The van der Waals surface area contributed by atoms with Gasteiger partial charge in [-0.25, -0.2) is 9.59 Å². The number of fused-ring (bicyclic) bond motifs is 1. The highest BCUT2D eigenvalue weighted by molar-refractivity contribution is 5.94. The normalized spacial score (nSPS) is 12.0. The summed E-state index contributed by atoms with van der Waals surface area (Å²) in [6.07, 6.45) is 3.25. The first kappa shape index (κ1) is 19.4. The van der Waals surface area contributed by atoms with Crippen molar-refractivity contribution in [3.8, 4) is 5.75 Å². The molecule has 1 aliphatic rings. The number of carbonyl (C=O) groups excluding carboxylic acids is 3. The zero-order valence-corrected chi connectivity index (χ0v) is 15.5. The Kier molecular flexibility index (Phi) is 6.26. The topological polar surface area (TPSA) is 90.9 Å². The molecule has 0 unspecified atom stereocenters. The maximum atomic E-state index is 11.9. The second-order valence-corrected chi connectivity index (χ2v) is 6.35. The van der Waals surface area contributed by atoms with E-state index in [0.29, 0.717) is 17.0 Å². The van der Waals surface area contributed by atoms with Gasteiger partial charge in [-0.05, 0) is 66.8 Å². The van der Waals surface area contributed by atoms with Crippen molar-refractivity contribution in [1.82, 2.24) is 0 Å². The molecule has 0 bridgehead atoms. The van der Waals surface area contributed by atoms with Gasteiger partial charge in [-0.3, -0.25) is 4.79 Å². The molecule has 7 heteroatoms. The summed E-state index contributed by atoms with van der Waals surface area (Å²) in [6, 6.07) is 12.0. The third kappa shape index (κ3) is 5.09. The number of aryl methyl sites for hydroxylation is 2. The molecule has 0 heterocycles. The number of ether oxygens (including phenoxy) is 3. The van der Waals surface area contributed by atoms with Gasteiger partial charge in [-0.1, -0.05) is 6.07 Å². The molecule has 3 rings (SSSR count). The van der Waals surface area contributed by atoms with Gasteiger partial charge in [0.25, 0.3) is 5.91 Å². The van der Waals surface area contributed by atoms with Crippen LogP contribution in [0.25, 0.3) is 0 Å². The quantitative estimate of drug-likeness (QED) is 0.739. The predicted molar refractivity (Wildman–Crippen MR) is 101 cm³/mol. The first-order valence-corrected chi connectivity index (χ1v) is 8.93. The molecule has 28 heavy (non-hydrogen) atoms. The number of anilines is 1. The Morgan fingerprint density at radius 2 is 1.71 bits per heavy atom. The van der Waals surface area contributed by atoms with Crippen LogP contribution in [0.2, 0.25) is 0 Å². The van der Waals surface area contributed by atoms with Gasteiger partial charge >= 0.3 is 11.9 Å². The van der Waals surface area contributed by atoms with Gasteiger partial charge in [0.05, 0.1) is 12.7 Å². The van der Waals surface area contributed by atoms with Crippen molar-refractivity contribution in [3.63, 3.8) is 0 Å². The van der Waals surface area contributed by atoms with E-state index >= 15 is 0 Å². The van der Waals surface area contributed by atoms with E-state index in [1.807, 2.05) is 18.2 Å². The van der Waals surface area contributed by atoms with Crippen LogP contribution in [0, 0.1) is 0 Å². The van der Waals surface area contributed by atoms with Crippen molar-refractivity contribution in [3.05, 3.63) is 59.2 Å². The summed E-state index contributed by atoms with van der Waals surface area (Å²) < 4.78 is 15.0. The minimum Gasteiger partial charge on any atom is -0.482 e. The fourth-order valence-electron chi connectivity index (χ4n) is 2.97. The molecule has 0 atom stereocenters. The molecule has 2 aromatic rings. The number of esters is 2. The van der Waals surface area contributed by atoms with Crippen molar-refractivity contribution < 1.29 is 28.6 Å². The Hall–Kier alpha value is -3.35. The summed E-state index contributed by atoms with van der Waals surface area (Å²) >= 11 is 0. The molecule has 0 aromatic heterocycles. The molecular weight excluding hydrogens is 362 g/mol. The molecule has 0 saturated carbocycles. The van der Waals surface area contributed by atoms with E-state index in [-0.39, 0.29) is 6.61 Å². The van der Waals surface area contributed by atoms with Crippen molar-refractivity contribution in [1.29, 1.82) is 0 Å². The van der Waals surface area contributed by atoms with Gasteiger partial charge < -0.3 is 19.5 Å². The lowest BCUT2D eigenvalue weighted by atomic mass is 10.1. The lowest BCUT2D eigenvalue weighted by molar-refractivity contribution is -0.149. The molecule has 0 radical (unpaired) electrons. The molecule has 0 spiro atoms. The molecule has 2 aromatic carbocycles. The first-order valence-electron chi connectivity index (χ1n) is 8.93. The number of hydrogen-bond acceptors (Lipinski definition) is 6. The maximum Gasteiger partial charge on any atom is 0.344 e. The zero-order valence-electron chi connectivity index (χ0n) is 15.5. The van der Waals surface area contributed by atoms with E-state index in [0.717, 1.165) is 19.3 Å². The van der Waals surface area contributed by atoms with Crippen molar-refractivity contribution in [2.24, 2.45) is 0 Å². The average Bonchev–Trinajstić information content (AvgIpc) is 3.18. The fraction of sp³-hybridized carbons (Fsp3) is 0.286. The smallest absolute Gasteiger partial charge is 0.344 e. The van der Waals surface area contributed by atoms with Gasteiger partial charge in [0.1, 0.15) is 5.75 Å². The van der Waals surface area contributed by atoms with E-state index in [9.17, 15) is 14.4 Å². The minimum atomic E-state index is -0.628. The number of methoxy groups -OCH3 is 1. The second kappa shape index (κ2) is 9.03. The maximum absolute atomic E-state index is 11.9. The standard InChI is InChI=1S/C21H21NO6/c1-26-21(25)15-5-8-17(9-6-15)22-19(23)12-28-20(24)13-27-18-10-7-14-3-2-4-16(14)11-18/h5-11H,2-4,12-13H2,1H3,(H,22,23). The predicted octanol–water partition coefficient (Wildman–Crippen LogP) is 2.52. The Bertz CT molecular complexity index is 875. The van der Waals surface area contributed by atoms with Gasteiger partial charge in [-0.2, -0.15) is 0 Å². The van der Waals surface area contributed by atoms with E-state index < -0.39 is 24.5 Å². The summed E-state index contributed by atoms with van der Waals surface area (Å²) in [4.78, 5) is 35.0. The highest BCUT2D eigenvalue weighted by atomic mass is 16.6. The molecule has 0 fully saturated rings. The summed E-state index contributed by atoms with van der Waals surface area (Å²) in [5.41, 5.74) is 3.42. The average molecular weight is 383 g/mol. The summed E-state index contributed by atoms with van der Waals surface area (Å²) in [6.45, 7) is -0.689. The van der Waals surface area contributed by atoms with Crippen LogP contribution in [0.5, 0.6) is 5.75 Å². The number of hydrogen-bond donors (Lipinski definition) is 1. The Morgan fingerprint density at radius 1 is 0.964 bits per heavy atom. The number of nitrogens with one attached hydrogen (secondary N) is 1. The summed E-state index contributed by atoms with van der Waals surface area (Å²) in [5.74, 6) is -0.962. The van der Waals surface area contributed by atoms with Crippen LogP contribution in [0.3, 0.4) is 0 Å². The van der Waals surface area contributed by atoms with Crippen molar-refractivity contribution in [2.45, 2.75) is 19.3 Å². The lowest BCUT2D eigenvalue weighted by Crippen LogP contribution is -2.23. The molecule has 1 N–H and O–H groups in total. The molecule has 0 saturated heterocycles. The lowest BCUT2D eigenvalue weighted by Gasteiger charge is -2.09. The van der Waals surface area contributed by atoms with E-state index in [2.05, 4.69) is 10.1 Å². The van der Waals surface area contributed by atoms with Gasteiger partial charge in [-0.15, -0.1) is 0 Å². The van der Waals surface area contributed by atoms with Crippen LogP contribution in [-0.4, -0.2) is 38.2 Å². The minimum absolute atomic E-state index is 0.264. The number of carbonyl (C=O) groups is 3. The van der Waals surface area contributed by atoms with Gasteiger partial charge in [0.2, 0.25) is 0 Å². The number of rotatable bonds is 7. The summed E-state index contributed by atoms with van der Waals surface area (Å²) in [7, 11) is 1.29. The monoisotopic (exact) mass is 383 g/mol. The van der Waals surface area contributed by atoms with Crippen LogP contribution >= 0.6 is 0 Å². The SMILES string of the molecule is COC(=O)c1ccc(NC(=O)COC(=O)COc2ccc3c(c2)CCC3)cc1. The number of benzene rings is 2. The third-order valence-corrected chi connectivity index (χ3v) is 4.38. The largest absolute Gasteiger partial charge is 0.482 e. The molecule has 1 aliphatic carbocycles. The second-order valence-electron chi connectivity index (χ2n) is 6.35. The molecular formula is C21H21NO6. The van der Waals surface area contributed by atoms with E-state index in [1.54, 1.807) is 12.1 Å². The van der Waals surface area contributed by atoms with Crippen LogP contribution in [-0.2, 0) is 31.9 Å². The van der Waals surface area contributed by atoms with Crippen molar-refractivity contribution >= 4 is 23.5 Å².